The summed E-state index contributed by atoms with van der Waals surface area (Å²) in [5.41, 5.74) is 9.94. The van der Waals surface area contributed by atoms with E-state index >= 15 is 0 Å². The zero-order valence-electron chi connectivity index (χ0n) is 9.76. The Morgan fingerprint density at radius 2 is 1.80 bits per heavy atom. The van der Waals surface area contributed by atoms with Gasteiger partial charge in [0.1, 0.15) is 5.75 Å². The Kier molecular flexibility index (Phi) is 2.47. The van der Waals surface area contributed by atoms with E-state index < -0.39 is 0 Å². The van der Waals surface area contributed by atoms with Crippen LogP contribution >= 0.6 is 0 Å². The highest BCUT2D eigenvalue weighted by Crippen LogP contribution is 2.48. The second-order valence-corrected chi connectivity index (χ2v) is 4.63. The Labute approximate surface area is 91.4 Å². The van der Waals surface area contributed by atoms with E-state index in [4.69, 9.17) is 10.5 Å². The average molecular weight is 205 g/mol. The van der Waals surface area contributed by atoms with E-state index in [1.165, 1.54) is 29.5 Å². The second-order valence-electron chi connectivity index (χ2n) is 4.63. The average Bonchev–Trinajstić information content (AvgIpc) is 2.97. The van der Waals surface area contributed by atoms with Crippen LogP contribution in [0, 0.1) is 13.8 Å². The van der Waals surface area contributed by atoms with Crippen molar-refractivity contribution in [2.24, 2.45) is 5.73 Å². The van der Waals surface area contributed by atoms with Crippen molar-refractivity contribution >= 4 is 0 Å². The quantitative estimate of drug-likeness (QED) is 0.821. The maximum atomic E-state index is 5.84. The topological polar surface area (TPSA) is 35.2 Å². The first-order valence-electron chi connectivity index (χ1n) is 5.49. The van der Waals surface area contributed by atoms with Gasteiger partial charge < -0.3 is 10.5 Å². The highest BCUT2D eigenvalue weighted by atomic mass is 16.5. The Morgan fingerprint density at radius 3 is 2.13 bits per heavy atom. The molecule has 0 aliphatic heterocycles. The van der Waals surface area contributed by atoms with Crippen LogP contribution in [0.25, 0.3) is 0 Å². The van der Waals surface area contributed by atoms with Crippen LogP contribution in [0.2, 0.25) is 0 Å². The maximum absolute atomic E-state index is 5.84. The van der Waals surface area contributed by atoms with Crippen molar-refractivity contribution in [1.82, 2.24) is 0 Å². The third-order valence-corrected chi connectivity index (χ3v) is 3.52. The standard InChI is InChI=1S/C13H19NO/c1-9-6-11(13(8-14)4-5-13)7-10(2)12(9)15-3/h6-7H,4-5,8,14H2,1-3H3. The second kappa shape index (κ2) is 3.53. The predicted molar refractivity (Wildman–Crippen MR) is 62.4 cm³/mol. The Hall–Kier alpha value is -1.02. The van der Waals surface area contributed by atoms with E-state index in [0.717, 1.165) is 12.3 Å². The van der Waals surface area contributed by atoms with Crippen molar-refractivity contribution in [3.05, 3.63) is 28.8 Å². The Bertz CT molecular complexity index is 357. The lowest BCUT2D eigenvalue weighted by Gasteiger charge is -2.17. The van der Waals surface area contributed by atoms with Crippen molar-refractivity contribution in [1.29, 1.82) is 0 Å². The summed E-state index contributed by atoms with van der Waals surface area (Å²) in [7, 11) is 1.73. The number of benzene rings is 1. The normalized spacial score (nSPS) is 17.6. The molecule has 0 radical (unpaired) electrons. The number of hydrogen-bond donors (Lipinski definition) is 1. The molecule has 0 heterocycles. The van der Waals surface area contributed by atoms with Crippen LogP contribution in [0.15, 0.2) is 12.1 Å². The molecular formula is C13H19NO. The molecule has 1 aromatic carbocycles. The SMILES string of the molecule is COc1c(C)cc(C2(CN)CC2)cc1C. The number of nitrogens with two attached hydrogens (primary N) is 1. The summed E-state index contributed by atoms with van der Waals surface area (Å²) in [4.78, 5) is 0. The van der Waals surface area contributed by atoms with Crippen LogP contribution in [0.4, 0.5) is 0 Å². The van der Waals surface area contributed by atoms with Gasteiger partial charge in [0, 0.05) is 12.0 Å². The summed E-state index contributed by atoms with van der Waals surface area (Å²) in [5.74, 6) is 1.01. The largest absolute Gasteiger partial charge is 0.496 e. The predicted octanol–water partition coefficient (Wildman–Crippen LogP) is 2.30. The monoisotopic (exact) mass is 205 g/mol. The number of rotatable bonds is 3. The fraction of sp³-hybridized carbons (Fsp3) is 0.538. The van der Waals surface area contributed by atoms with Gasteiger partial charge in [-0.2, -0.15) is 0 Å². The first kappa shape index (κ1) is 10.5. The van der Waals surface area contributed by atoms with E-state index in [9.17, 15) is 0 Å². The fourth-order valence-electron chi connectivity index (χ4n) is 2.34. The summed E-state index contributed by atoms with van der Waals surface area (Å²) >= 11 is 0. The summed E-state index contributed by atoms with van der Waals surface area (Å²) in [6.07, 6.45) is 2.46. The Morgan fingerprint density at radius 1 is 1.27 bits per heavy atom. The molecule has 2 nitrogen and oxygen atoms in total. The highest BCUT2D eigenvalue weighted by molar-refractivity contribution is 5.47. The zero-order valence-corrected chi connectivity index (χ0v) is 9.76. The Balaban J connectivity index is 2.44. The molecule has 0 amide bonds. The minimum absolute atomic E-state index is 0.280. The smallest absolute Gasteiger partial charge is 0.124 e. The molecular weight excluding hydrogens is 186 g/mol. The molecule has 82 valence electrons. The minimum Gasteiger partial charge on any atom is -0.496 e. The minimum atomic E-state index is 0.280. The molecule has 2 N–H and O–H groups in total. The van der Waals surface area contributed by atoms with Crippen LogP contribution in [0.3, 0.4) is 0 Å². The summed E-state index contributed by atoms with van der Waals surface area (Å²) < 4.78 is 5.37. The lowest BCUT2D eigenvalue weighted by molar-refractivity contribution is 0.408. The van der Waals surface area contributed by atoms with Crippen LogP contribution in [0.5, 0.6) is 5.75 Å². The molecule has 2 heteroatoms. The van der Waals surface area contributed by atoms with Crippen molar-refractivity contribution in [3.8, 4) is 5.75 Å². The van der Waals surface area contributed by atoms with Gasteiger partial charge in [0.05, 0.1) is 7.11 Å². The van der Waals surface area contributed by atoms with Crippen LogP contribution in [-0.4, -0.2) is 13.7 Å². The molecule has 0 spiro atoms. The van der Waals surface area contributed by atoms with E-state index in [-0.39, 0.29) is 5.41 Å². The molecule has 1 aliphatic rings. The molecule has 2 rings (SSSR count). The molecule has 0 aromatic heterocycles. The number of hydrogen-bond acceptors (Lipinski definition) is 2. The van der Waals surface area contributed by atoms with Crippen LogP contribution in [0.1, 0.15) is 29.5 Å². The lowest BCUT2D eigenvalue weighted by Crippen LogP contribution is -2.20. The lowest BCUT2D eigenvalue weighted by atomic mass is 9.92. The van der Waals surface area contributed by atoms with Crippen LogP contribution < -0.4 is 10.5 Å². The van der Waals surface area contributed by atoms with Gasteiger partial charge in [-0.05, 0) is 43.4 Å². The molecule has 1 saturated carbocycles. The van der Waals surface area contributed by atoms with Crippen molar-refractivity contribution < 1.29 is 4.74 Å². The molecule has 15 heavy (non-hydrogen) atoms. The molecule has 0 atom stereocenters. The van der Waals surface area contributed by atoms with Gasteiger partial charge in [0.2, 0.25) is 0 Å². The fourth-order valence-corrected chi connectivity index (χ4v) is 2.34. The summed E-state index contributed by atoms with van der Waals surface area (Å²) in [6, 6.07) is 4.46. The highest BCUT2D eigenvalue weighted by Gasteiger charge is 2.43. The number of methoxy groups -OCH3 is 1. The van der Waals surface area contributed by atoms with Gasteiger partial charge in [-0.15, -0.1) is 0 Å². The first-order valence-corrected chi connectivity index (χ1v) is 5.49. The number of ether oxygens (including phenoxy) is 1. The summed E-state index contributed by atoms with van der Waals surface area (Å²) in [6.45, 7) is 4.96. The van der Waals surface area contributed by atoms with Crippen molar-refractivity contribution in [3.63, 3.8) is 0 Å². The zero-order chi connectivity index (χ0) is 11.1. The number of aryl methyl sites for hydroxylation is 2. The first-order chi connectivity index (χ1) is 7.13. The molecule has 0 saturated heterocycles. The van der Waals surface area contributed by atoms with E-state index in [2.05, 4.69) is 26.0 Å². The third-order valence-electron chi connectivity index (χ3n) is 3.52. The van der Waals surface area contributed by atoms with Gasteiger partial charge in [0.25, 0.3) is 0 Å². The van der Waals surface area contributed by atoms with Gasteiger partial charge in [-0.1, -0.05) is 12.1 Å². The van der Waals surface area contributed by atoms with E-state index in [0.29, 0.717) is 0 Å². The van der Waals surface area contributed by atoms with Gasteiger partial charge in [-0.25, -0.2) is 0 Å². The molecule has 1 aliphatic carbocycles. The molecule has 1 fully saturated rings. The van der Waals surface area contributed by atoms with Crippen LogP contribution in [-0.2, 0) is 5.41 Å². The molecule has 0 unspecified atom stereocenters. The van der Waals surface area contributed by atoms with E-state index in [1.807, 2.05) is 0 Å². The van der Waals surface area contributed by atoms with Crippen molar-refractivity contribution in [2.75, 3.05) is 13.7 Å². The van der Waals surface area contributed by atoms with Gasteiger partial charge >= 0.3 is 0 Å². The third kappa shape index (κ3) is 1.63. The molecule has 0 bridgehead atoms. The molecule has 1 aromatic rings. The van der Waals surface area contributed by atoms with E-state index in [1.54, 1.807) is 7.11 Å². The van der Waals surface area contributed by atoms with Gasteiger partial charge in [-0.3, -0.25) is 0 Å². The summed E-state index contributed by atoms with van der Waals surface area (Å²) in [5, 5.41) is 0. The van der Waals surface area contributed by atoms with Crippen molar-refractivity contribution in [2.45, 2.75) is 32.1 Å². The van der Waals surface area contributed by atoms with Gasteiger partial charge in [0.15, 0.2) is 0 Å². The maximum Gasteiger partial charge on any atom is 0.124 e.